The van der Waals surface area contributed by atoms with Crippen LogP contribution in [0.15, 0.2) is 12.5 Å². The number of aromatic nitrogens is 6. The van der Waals surface area contributed by atoms with Gasteiger partial charge in [-0.15, -0.1) is 10.2 Å². The molecule has 14 heavy (non-hydrogen) atoms. The fraction of sp³-hybridized carbons (Fsp3) is 0.375. The highest BCUT2D eigenvalue weighted by Gasteiger charge is 2.13. The van der Waals surface area contributed by atoms with E-state index in [0.29, 0.717) is 11.7 Å². The second-order valence-electron chi connectivity index (χ2n) is 3.22. The van der Waals surface area contributed by atoms with E-state index in [1.54, 1.807) is 6.20 Å². The van der Waals surface area contributed by atoms with Gasteiger partial charge in [0, 0.05) is 11.8 Å². The first-order valence-corrected chi connectivity index (χ1v) is 4.32. The van der Waals surface area contributed by atoms with Gasteiger partial charge in [-0.3, -0.25) is 0 Å². The summed E-state index contributed by atoms with van der Waals surface area (Å²) < 4.78 is 0. The molecule has 1 N–H and O–H groups in total. The maximum atomic E-state index is 4.15. The Hall–Kier alpha value is -1.85. The molecule has 0 radical (unpaired) electrons. The molecule has 2 heterocycles. The zero-order chi connectivity index (χ0) is 9.97. The predicted octanol–water partition coefficient (Wildman–Crippen LogP) is 0.780. The molecular formula is C8H10N6. The Morgan fingerprint density at radius 1 is 1.36 bits per heavy atom. The van der Waals surface area contributed by atoms with Gasteiger partial charge >= 0.3 is 0 Å². The van der Waals surface area contributed by atoms with Gasteiger partial charge in [-0.25, -0.2) is 9.97 Å². The molecule has 0 aliphatic heterocycles. The smallest absolute Gasteiger partial charge is 0.223 e. The summed E-state index contributed by atoms with van der Waals surface area (Å²) in [5.41, 5.74) is 1.76. The number of tetrazole rings is 1. The van der Waals surface area contributed by atoms with Crippen molar-refractivity contribution in [2.75, 3.05) is 0 Å². The van der Waals surface area contributed by atoms with E-state index >= 15 is 0 Å². The summed E-state index contributed by atoms with van der Waals surface area (Å²) in [7, 11) is 0. The number of hydrogen-bond acceptors (Lipinski definition) is 5. The molecular weight excluding hydrogens is 180 g/mol. The average Bonchev–Trinajstić information content (AvgIpc) is 2.70. The second-order valence-corrected chi connectivity index (χ2v) is 3.22. The van der Waals surface area contributed by atoms with Crippen LogP contribution >= 0.6 is 0 Å². The highest BCUT2D eigenvalue weighted by Crippen LogP contribution is 2.22. The van der Waals surface area contributed by atoms with Gasteiger partial charge in [0.05, 0.1) is 0 Å². The van der Waals surface area contributed by atoms with Crippen molar-refractivity contribution in [1.82, 2.24) is 30.6 Å². The zero-order valence-corrected chi connectivity index (χ0v) is 7.97. The molecule has 0 aliphatic carbocycles. The number of hydrogen-bond donors (Lipinski definition) is 1. The van der Waals surface area contributed by atoms with E-state index in [4.69, 9.17) is 0 Å². The Bertz CT molecular complexity index is 408. The molecule has 0 aromatic carbocycles. The summed E-state index contributed by atoms with van der Waals surface area (Å²) in [4.78, 5) is 8.13. The number of aromatic amines is 1. The fourth-order valence-electron chi connectivity index (χ4n) is 1.21. The summed E-state index contributed by atoms with van der Waals surface area (Å²) in [6.45, 7) is 4.14. The predicted molar refractivity (Wildman–Crippen MR) is 49.3 cm³/mol. The maximum Gasteiger partial charge on any atom is 0.223 e. The Labute approximate surface area is 80.8 Å². The average molecular weight is 190 g/mol. The zero-order valence-electron chi connectivity index (χ0n) is 7.97. The second kappa shape index (κ2) is 3.49. The van der Waals surface area contributed by atoms with Gasteiger partial charge in [-0.2, -0.15) is 5.21 Å². The first kappa shape index (κ1) is 8.74. The summed E-state index contributed by atoms with van der Waals surface area (Å²) in [5.74, 6) is 0.848. The Morgan fingerprint density at radius 3 is 2.86 bits per heavy atom. The van der Waals surface area contributed by atoms with Crippen LogP contribution in [-0.4, -0.2) is 30.6 Å². The molecule has 72 valence electrons. The lowest BCUT2D eigenvalue weighted by Crippen LogP contribution is -1.97. The van der Waals surface area contributed by atoms with Gasteiger partial charge in [-0.1, -0.05) is 13.8 Å². The fourth-order valence-corrected chi connectivity index (χ4v) is 1.21. The Balaban J connectivity index is 2.53. The van der Waals surface area contributed by atoms with Crippen molar-refractivity contribution < 1.29 is 0 Å². The van der Waals surface area contributed by atoms with Crippen LogP contribution in [0, 0.1) is 0 Å². The van der Waals surface area contributed by atoms with Crippen LogP contribution in [-0.2, 0) is 0 Å². The van der Waals surface area contributed by atoms with Gasteiger partial charge < -0.3 is 0 Å². The molecule has 0 unspecified atom stereocenters. The van der Waals surface area contributed by atoms with E-state index in [-0.39, 0.29) is 0 Å². The van der Waals surface area contributed by atoms with Crippen LogP contribution in [0.5, 0.6) is 0 Å². The molecule has 2 aromatic rings. The van der Waals surface area contributed by atoms with Gasteiger partial charge in [-0.05, 0) is 11.1 Å². The summed E-state index contributed by atoms with van der Waals surface area (Å²) >= 11 is 0. The molecule has 6 nitrogen and oxygen atoms in total. The summed E-state index contributed by atoms with van der Waals surface area (Å²) in [6, 6.07) is 0. The van der Waals surface area contributed by atoms with Crippen molar-refractivity contribution in [2.24, 2.45) is 0 Å². The van der Waals surface area contributed by atoms with Crippen LogP contribution < -0.4 is 0 Å². The third kappa shape index (κ3) is 1.46. The monoisotopic (exact) mass is 190 g/mol. The van der Waals surface area contributed by atoms with E-state index in [1.165, 1.54) is 6.33 Å². The number of nitrogens with one attached hydrogen (secondary N) is 1. The van der Waals surface area contributed by atoms with Crippen molar-refractivity contribution in [3.8, 4) is 11.5 Å². The first-order chi connectivity index (χ1) is 6.79. The minimum Gasteiger partial charge on any atom is -0.244 e. The van der Waals surface area contributed by atoms with Crippen molar-refractivity contribution in [3.63, 3.8) is 0 Å². The molecule has 0 aliphatic rings. The minimum atomic E-state index is 0.338. The van der Waals surface area contributed by atoms with Crippen LogP contribution in [0.3, 0.4) is 0 Å². The van der Waals surface area contributed by atoms with E-state index in [9.17, 15) is 0 Å². The normalized spacial score (nSPS) is 10.8. The van der Waals surface area contributed by atoms with Crippen molar-refractivity contribution >= 4 is 0 Å². The molecule has 0 spiro atoms. The van der Waals surface area contributed by atoms with Crippen molar-refractivity contribution in [3.05, 3.63) is 18.1 Å². The Kier molecular flexibility index (Phi) is 2.18. The summed E-state index contributed by atoms with van der Waals surface area (Å²) in [5, 5.41) is 13.7. The molecule has 0 fully saturated rings. The molecule has 0 saturated heterocycles. The van der Waals surface area contributed by atoms with Crippen LogP contribution in [0.1, 0.15) is 25.3 Å². The Morgan fingerprint density at radius 2 is 2.21 bits per heavy atom. The lowest BCUT2D eigenvalue weighted by molar-refractivity contribution is 0.845. The van der Waals surface area contributed by atoms with E-state index in [0.717, 1.165) is 11.3 Å². The lowest BCUT2D eigenvalue weighted by atomic mass is 10.0. The van der Waals surface area contributed by atoms with Crippen LogP contribution in [0.4, 0.5) is 0 Å². The molecule has 0 atom stereocenters. The van der Waals surface area contributed by atoms with E-state index in [1.807, 2.05) is 0 Å². The molecule has 6 heteroatoms. The highest BCUT2D eigenvalue weighted by molar-refractivity contribution is 5.53. The van der Waals surface area contributed by atoms with Crippen molar-refractivity contribution in [2.45, 2.75) is 19.8 Å². The van der Waals surface area contributed by atoms with Crippen LogP contribution in [0.25, 0.3) is 11.5 Å². The molecule has 2 rings (SSSR count). The van der Waals surface area contributed by atoms with Crippen LogP contribution in [0.2, 0.25) is 0 Å². The van der Waals surface area contributed by atoms with Gasteiger partial charge in [0.15, 0.2) is 0 Å². The van der Waals surface area contributed by atoms with Gasteiger partial charge in [0.25, 0.3) is 0 Å². The lowest BCUT2D eigenvalue weighted by Gasteiger charge is -2.06. The highest BCUT2D eigenvalue weighted by atomic mass is 15.5. The first-order valence-electron chi connectivity index (χ1n) is 4.32. The molecule has 0 amide bonds. The third-order valence-corrected chi connectivity index (χ3v) is 1.92. The standard InChI is InChI=1S/C8H10N6/c1-5(2)6-3-9-4-10-7(6)8-11-13-14-12-8/h3-5H,1-2H3,(H,11,12,13,14). The number of H-pyrrole nitrogens is 1. The quantitative estimate of drug-likeness (QED) is 0.756. The van der Waals surface area contributed by atoms with Gasteiger partial charge in [0.2, 0.25) is 5.82 Å². The SMILES string of the molecule is CC(C)c1cncnc1-c1nn[nH]n1. The van der Waals surface area contributed by atoms with E-state index < -0.39 is 0 Å². The molecule has 0 saturated carbocycles. The third-order valence-electron chi connectivity index (χ3n) is 1.92. The largest absolute Gasteiger partial charge is 0.244 e. The molecule has 2 aromatic heterocycles. The maximum absolute atomic E-state index is 4.15. The minimum absolute atomic E-state index is 0.338. The summed E-state index contributed by atoms with van der Waals surface area (Å²) in [6.07, 6.45) is 3.26. The van der Waals surface area contributed by atoms with E-state index in [2.05, 4.69) is 44.4 Å². The van der Waals surface area contributed by atoms with Crippen molar-refractivity contribution in [1.29, 1.82) is 0 Å². The molecule has 0 bridgehead atoms. The number of rotatable bonds is 2. The topological polar surface area (TPSA) is 80.2 Å². The number of nitrogens with zero attached hydrogens (tertiary/aromatic N) is 5. The van der Waals surface area contributed by atoms with Gasteiger partial charge in [0.1, 0.15) is 12.0 Å².